The third-order valence-corrected chi connectivity index (χ3v) is 3.11. The summed E-state index contributed by atoms with van der Waals surface area (Å²) in [5, 5.41) is 0. The van der Waals surface area contributed by atoms with Gasteiger partial charge in [0, 0.05) is 15.5 Å². The van der Waals surface area contributed by atoms with Crippen LogP contribution in [0.2, 0.25) is 0 Å². The molecule has 48 valence electrons. The Hall–Kier alpha value is 0.270. The Balaban J connectivity index is 3.91. The zero-order valence-electron chi connectivity index (χ0n) is 5.37. The second-order valence-corrected chi connectivity index (χ2v) is 3.31. The lowest BCUT2D eigenvalue weighted by Gasteiger charge is -2.20. The molecule has 0 aromatic carbocycles. The van der Waals surface area contributed by atoms with E-state index in [2.05, 4.69) is 43.0 Å². The average Bonchev–Trinajstić information content (AvgIpc) is 1.67. The monoisotopic (exact) mass is 225 g/mol. The van der Waals surface area contributed by atoms with Crippen molar-refractivity contribution in [1.29, 1.82) is 0 Å². The zero-order chi connectivity index (χ0) is 6.78. The van der Waals surface area contributed by atoms with E-state index < -0.39 is 0 Å². The topological polar surface area (TPSA) is 26.0 Å². The molecular weight excluding hydrogens is 213 g/mol. The van der Waals surface area contributed by atoms with Gasteiger partial charge in [0.25, 0.3) is 0 Å². The summed E-state index contributed by atoms with van der Waals surface area (Å²) in [7, 11) is 0. The van der Waals surface area contributed by atoms with Crippen LogP contribution in [0, 0.1) is 5.41 Å². The smallest absolute Gasteiger partial charge is 0.0125 e. The van der Waals surface area contributed by atoms with Crippen molar-refractivity contribution in [3.8, 4) is 0 Å². The number of halogens is 1. The first-order chi connectivity index (χ1) is 3.50. The van der Waals surface area contributed by atoms with Gasteiger partial charge in [-0.3, -0.25) is 0 Å². The van der Waals surface area contributed by atoms with Crippen LogP contribution in [0.25, 0.3) is 0 Å². The summed E-state index contributed by atoms with van der Waals surface area (Å²) in [6.45, 7) is 7.84. The number of hydrogen-bond acceptors (Lipinski definition) is 1. The van der Waals surface area contributed by atoms with Gasteiger partial charge in [0.15, 0.2) is 0 Å². The van der Waals surface area contributed by atoms with Crippen molar-refractivity contribution in [2.75, 3.05) is 4.43 Å². The van der Waals surface area contributed by atoms with Crippen LogP contribution in [0.3, 0.4) is 0 Å². The molecule has 8 heavy (non-hydrogen) atoms. The van der Waals surface area contributed by atoms with Crippen LogP contribution in [0.5, 0.6) is 0 Å². The first kappa shape index (κ1) is 8.27. The van der Waals surface area contributed by atoms with Gasteiger partial charge in [-0.1, -0.05) is 43.0 Å². The number of allylic oxidation sites excluding steroid dienone is 1. The maximum absolute atomic E-state index is 5.48. The fourth-order valence-corrected chi connectivity index (χ4v) is 0.576. The Kier molecular flexibility index (Phi) is 2.80. The van der Waals surface area contributed by atoms with E-state index in [-0.39, 0.29) is 5.41 Å². The van der Waals surface area contributed by atoms with Crippen LogP contribution in [0.15, 0.2) is 12.3 Å². The molecular formula is C6H12IN. The summed E-state index contributed by atoms with van der Waals surface area (Å²) in [6, 6.07) is 0. The Bertz CT molecular complexity index is 96.7. The van der Waals surface area contributed by atoms with E-state index in [9.17, 15) is 0 Å². The normalized spacial score (nSPS) is 11.4. The van der Waals surface area contributed by atoms with E-state index in [4.69, 9.17) is 5.73 Å². The molecule has 2 heteroatoms. The molecule has 0 radical (unpaired) electrons. The fraction of sp³-hybridized carbons (Fsp3) is 0.667. The molecule has 0 saturated carbocycles. The Morgan fingerprint density at radius 2 is 2.12 bits per heavy atom. The van der Waals surface area contributed by atoms with Crippen LogP contribution in [-0.4, -0.2) is 4.43 Å². The lowest BCUT2D eigenvalue weighted by molar-refractivity contribution is 0.520. The fourth-order valence-electron chi connectivity index (χ4n) is 0.0858. The minimum Gasteiger partial charge on any atom is -0.402 e. The van der Waals surface area contributed by atoms with E-state index in [1.165, 1.54) is 0 Å². The highest BCUT2D eigenvalue weighted by atomic mass is 127. The van der Waals surface area contributed by atoms with Crippen LogP contribution in [0.4, 0.5) is 0 Å². The van der Waals surface area contributed by atoms with E-state index in [1.807, 2.05) is 0 Å². The van der Waals surface area contributed by atoms with Crippen molar-refractivity contribution in [2.24, 2.45) is 11.1 Å². The van der Waals surface area contributed by atoms with E-state index >= 15 is 0 Å². The van der Waals surface area contributed by atoms with Crippen molar-refractivity contribution in [3.63, 3.8) is 0 Å². The molecule has 0 spiro atoms. The summed E-state index contributed by atoms with van der Waals surface area (Å²) in [5.74, 6) is 0. The van der Waals surface area contributed by atoms with Gasteiger partial charge < -0.3 is 5.73 Å². The van der Waals surface area contributed by atoms with Crippen molar-refractivity contribution < 1.29 is 0 Å². The third kappa shape index (κ3) is 2.03. The standard InChI is InChI=1S/C6H12IN/c1-5(8)6(2,3)4-7/h1,4,8H2,2-3H3. The largest absolute Gasteiger partial charge is 0.402 e. The summed E-state index contributed by atoms with van der Waals surface area (Å²) < 4.78 is 1.03. The highest BCUT2D eigenvalue weighted by Gasteiger charge is 2.16. The minimum atomic E-state index is 0.112. The number of nitrogens with two attached hydrogens (primary N) is 1. The van der Waals surface area contributed by atoms with Gasteiger partial charge >= 0.3 is 0 Å². The molecule has 0 aliphatic heterocycles. The van der Waals surface area contributed by atoms with Crippen molar-refractivity contribution in [2.45, 2.75) is 13.8 Å². The van der Waals surface area contributed by atoms with Crippen molar-refractivity contribution in [3.05, 3.63) is 12.3 Å². The predicted octanol–water partition coefficient (Wildman–Crippen LogP) is 1.92. The maximum Gasteiger partial charge on any atom is 0.0125 e. The summed E-state index contributed by atoms with van der Waals surface area (Å²) in [6.07, 6.45) is 0. The number of alkyl halides is 1. The molecule has 0 amide bonds. The second-order valence-electron chi connectivity index (χ2n) is 2.54. The maximum atomic E-state index is 5.48. The molecule has 2 N–H and O–H groups in total. The highest BCUT2D eigenvalue weighted by molar-refractivity contribution is 14.1. The van der Waals surface area contributed by atoms with Gasteiger partial charge in [-0.2, -0.15) is 0 Å². The van der Waals surface area contributed by atoms with E-state index in [1.54, 1.807) is 0 Å². The molecule has 0 unspecified atom stereocenters. The van der Waals surface area contributed by atoms with Crippen LogP contribution in [-0.2, 0) is 0 Å². The van der Waals surface area contributed by atoms with Gasteiger partial charge in [0.2, 0.25) is 0 Å². The summed E-state index contributed by atoms with van der Waals surface area (Å²) in [4.78, 5) is 0. The minimum absolute atomic E-state index is 0.112. The second kappa shape index (κ2) is 2.71. The van der Waals surface area contributed by atoms with Gasteiger partial charge in [-0.05, 0) is 0 Å². The highest BCUT2D eigenvalue weighted by Crippen LogP contribution is 2.22. The lowest BCUT2D eigenvalue weighted by Crippen LogP contribution is -2.21. The van der Waals surface area contributed by atoms with Crippen molar-refractivity contribution in [1.82, 2.24) is 0 Å². The van der Waals surface area contributed by atoms with Crippen LogP contribution < -0.4 is 5.73 Å². The molecule has 0 bridgehead atoms. The Morgan fingerprint density at radius 1 is 1.75 bits per heavy atom. The lowest BCUT2D eigenvalue weighted by atomic mass is 9.94. The quantitative estimate of drug-likeness (QED) is 0.563. The van der Waals surface area contributed by atoms with Crippen LogP contribution in [0.1, 0.15) is 13.8 Å². The number of hydrogen-bond donors (Lipinski definition) is 1. The van der Waals surface area contributed by atoms with Gasteiger partial charge in [-0.15, -0.1) is 0 Å². The zero-order valence-corrected chi connectivity index (χ0v) is 7.53. The van der Waals surface area contributed by atoms with Crippen LogP contribution >= 0.6 is 22.6 Å². The van der Waals surface area contributed by atoms with Gasteiger partial charge in [-0.25, -0.2) is 0 Å². The predicted molar refractivity (Wildman–Crippen MR) is 46.0 cm³/mol. The molecule has 0 aliphatic carbocycles. The first-order valence-corrected chi connectivity index (χ1v) is 4.04. The number of rotatable bonds is 2. The summed E-state index contributed by atoms with van der Waals surface area (Å²) in [5.41, 5.74) is 6.36. The Morgan fingerprint density at radius 3 is 2.12 bits per heavy atom. The van der Waals surface area contributed by atoms with E-state index in [0.717, 1.165) is 10.1 Å². The Labute approximate surface area is 64.5 Å². The molecule has 0 aliphatic rings. The molecule has 0 fully saturated rings. The molecule has 0 rings (SSSR count). The average molecular weight is 225 g/mol. The summed E-state index contributed by atoms with van der Waals surface area (Å²) >= 11 is 2.30. The van der Waals surface area contributed by atoms with E-state index in [0.29, 0.717) is 0 Å². The molecule has 0 atom stereocenters. The molecule has 0 aromatic rings. The van der Waals surface area contributed by atoms with Gasteiger partial charge in [0.1, 0.15) is 0 Å². The van der Waals surface area contributed by atoms with Gasteiger partial charge in [0.05, 0.1) is 0 Å². The van der Waals surface area contributed by atoms with Crippen molar-refractivity contribution >= 4 is 22.6 Å². The molecule has 0 aromatic heterocycles. The molecule has 0 saturated heterocycles. The molecule has 1 nitrogen and oxygen atoms in total. The molecule has 0 heterocycles. The third-order valence-electron chi connectivity index (χ3n) is 1.20. The SMILES string of the molecule is C=C(N)C(C)(C)CI. The first-order valence-electron chi connectivity index (χ1n) is 2.51.